The molecule has 16 heavy (non-hydrogen) atoms. The van der Waals surface area contributed by atoms with E-state index in [-0.39, 0.29) is 6.42 Å². The summed E-state index contributed by atoms with van der Waals surface area (Å²) in [6.07, 6.45) is 6.21. The van der Waals surface area contributed by atoms with Crippen molar-refractivity contribution < 1.29 is 14.3 Å². The average molecular weight is 229 g/mol. The molecule has 0 fully saturated rings. The number of carbonyl (C=O) groups is 2. The maximum Gasteiger partial charge on any atom is 0.374 e. The first-order chi connectivity index (χ1) is 7.72. The van der Waals surface area contributed by atoms with Crippen molar-refractivity contribution in [3.8, 4) is 0 Å². The summed E-state index contributed by atoms with van der Waals surface area (Å²) in [6.45, 7) is 2.93. The summed E-state index contributed by atoms with van der Waals surface area (Å²) in [4.78, 5) is 22.3. The van der Waals surface area contributed by atoms with Gasteiger partial charge in [-0.2, -0.15) is 0 Å². The van der Waals surface area contributed by atoms with E-state index in [9.17, 15) is 9.59 Å². The molecule has 0 aliphatic heterocycles. The molecule has 0 rings (SSSR count). The lowest BCUT2D eigenvalue weighted by Crippen LogP contribution is -2.18. The van der Waals surface area contributed by atoms with E-state index in [2.05, 4.69) is 6.92 Å². The number of unbranched alkanes of at least 4 members (excludes halogenated alkanes) is 4. The summed E-state index contributed by atoms with van der Waals surface area (Å²) < 4.78 is 4.85. The van der Waals surface area contributed by atoms with Crippen LogP contribution in [0.1, 0.15) is 51.9 Å². The maximum atomic E-state index is 11.1. The van der Waals surface area contributed by atoms with Crippen LogP contribution in [-0.4, -0.2) is 24.9 Å². The Morgan fingerprint density at radius 2 is 1.75 bits per heavy atom. The number of hydrogen-bond donors (Lipinski definition) is 1. The molecule has 0 saturated heterocycles. The van der Waals surface area contributed by atoms with Gasteiger partial charge in [-0.3, -0.25) is 4.79 Å². The standard InChI is InChI=1S/C12H23NO3/c1-2-3-4-5-6-10-16-12(15)11(14)8-7-9-13/h2-10,13H2,1H3. The molecule has 0 bridgehead atoms. The summed E-state index contributed by atoms with van der Waals surface area (Å²) in [6, 6.07) is 0. The van der Waals surface area contributed by atoms with Gasteiger partial charge in [-0.1, -0.05) is 32.6 Å². The maximum absolute atomic E-state index is 11.1. The minimum absolute atomic E-state index is 0.200. The lowest BCUT2D eigenvalue weighted by Gasteiger charge is -2.03. The van der Waals surface area contributed by atoms with E-state index in [1.54, 1.807) is 0 Å². The van der Waals surface area contributed by atoms with Crippen LogP contribution < -0.4 is 5.73 Å². The zero-order valence-corrected chi connectivity index (χ0v) is 10.2. The quantitative estimate of drug-likeness (QED) is 0.352. The second-order valence-electron chi connectivity index (χ2n) is 3.87. The summed E-state index contributed by atoms with van der Waals surface area (Å²) in [5.41, 5.74) is 5.24. The molecule has 0 aliphatic carbocycles. The van der Waals surface area contributed by atoms with Crippen LogP contribution in [0.25, 0.3) is 0 Å². The van der Waals surface area contributed by atoms with Crippen molar-refractivity contribution in [2.75, 3.05) is 13.2 Å². The van der Waals surface area contributed by atoms with E-state index in [4.69, 9.17) is 10.5 Å². The molecular weight excluding hydrogens is 206 g/mol. The average Bonchev–Trinajstić information content (AvgIpc) is 2.30. The van der Waals surface area contributed by atoms with Crippen molar-refractivity contribution >= 4 is 11.8 Å². The van der Waals surface area contributed by atoms with Gasteiger partial charge >= 0.3 is 5.97 Å². The molecule has 2 N–H and O–H groups in total. The van der Waals surface area contributed by atoms with Crippen LogP contribution in [0.5, 0.6) is 0 Å². The molecule has 0 aromatic rings. The summed E-state index contributed by atoms with van der Waals surface area (Å²) in [7, 11) is 0. The zero-order chi connectivity index (χ0) is 12.2. The largest absolute Gasteiger partial charge is 0.460 e. The van der Waals surface area contributed by atoms with Gasteiger partial charge in [0.05, 0.1) is 6.61 Å². The summed E-state index contributed by atoms with van der Waals surface area (Å²) in [5, 5.41) is 0. The van der Waals surface area contributed by atoms with Crippen molar-refractivity contribution in [1.82, 2.24) is 0 Å². The van der Waals surface area contributed by atoms with Gasteiger partial charge in [0.25, 0.3) is 0 Å². The zero-order valence-electron chi connectivity index (χ0n) is 10.2. The Labute approximate surface area is 97.5 Å². The van der Waals surface area contributed by atoms with Crippen LogP contribution in [-0.2, 0) is 14.3 Å². The molecule has 94 valence electrons. The Balaban J connectivity index is 3.39. The fourth-order valence-electron chi connectivity index (χ4n) is 1.32. The fourth-order valence-corrected chi connectivity index (χ4v) is 1.32. The van der Waals surface area contributed by atoms with Gasteiger partial charge < -0.3 is 10.5 Å². The van der Waals surface area contributed by atoms with Gasteiger partial charge in [-0.05, 0) is 19.4 Å². The highest BCUT2D eigenvalue weighted by molar-refractivity contribution is 6.33. The van der Waals surface area contributed by atoms with E-state index in [0.717, 1.165) is 19.3 Å². The Morgan fingerprint density at radius 1 is 1.06 bits per heavy atom. The van der Waals surface area contributed by atoms with Gasteiger partial charge in [-0.25, -0.2) is 4.79 Å². The number of esters is 1. The molecule has 4 nitrogen and oxygen atoms in total. The molecule has 4 heteroatoms. The molecule has 0 saturated carbocycles. The van der Waals surface area contributed by atoms with Crippen LogP contribution in [0.2, 0.25) is 0 Å². The lowest BCUT2D eigenvalue weighted by molar-refractivity contribution is -0.154. The van der Waals surface area contributed by atoms with Gasteiger partial charge in [0.1, 0.15) is 0 Å². The number of carbonyl (C=O) groups excluding carboxylic acids is 2. The van der Waals surface area contributed by atoms with Crippen molar-refractivity contribution in [2.24, 2.45) is 5.73 Å². The molecule has 0 radical (unpaired) electrons. The summed E-state index contributed by atoms with van der Waals surface area (Å²) >= 11 is 0. The fraction of sp³-hybridized carbons (Fsp3) is 0.833. The highest BCUT2D eigenvalue weighted by Crippen LogP contribution is 2.02. The highest BCUT2D eigenvalue weighted by Gasteiger charge is 2.13. The minimum Gasteiger partial charge on any atom is -0.460 e. The van der Waals surface area contributed by atoms with Crippen LogP contribution in [0.15, 0.2) is 0 Å². The summed E-state index contributed by atoms with van der Waals surface area (Å²) in [5.74, 6) is -1.16. The first-order valence-electron chi connectivity index (χ1n) is 6.12. The van der Waals surface area contributed by atoms with Gasteiger partial charge in [0, 0.05) is 6.42 Å². The van der Waals surface area contributed by atoms with Crippen molar-refractivity contribution in [1.29, 1.82) is 0 Å². The molecule has 0 amide bonds. The molecule has 0 heterocycles. The third-order valence-corrected chi connectivity index (χ3v) is 2.32. The number of nitrogens with two attached hydrogens (primary N) is 1. The Hall–Kier alpha value is -0.900. The molecule has 0 atom stereocenters. The first kappa shape index (κ1) is 15.1. The molecule has 0 spiro atoms. The van der Waals surface area contributed by atoms with Crippen LogP contribution in [0.3, 0.4) is 0 Å². The number of hydrogen-bond acceptors (Lipinski definition) is 4. The van der Waals surface area contributed by atoms with E-state index in [1.165, 1.54) is 12.8 Å². The number of ether oxygens (including phenoxy) is 1. The number of Topliss-reactive ketones (excluding diaryl/α,β-unsaturated/α-hetero) is 1. The van der Waals surface area contributed by atoms with Crippen LogP contribution in [0, 0.1) is 0 Å². The molecule has 0 unspecified atom stereocenters. The normalized spacial score (nSPS) is 10.1. The van der Waals surface area contributed by atoms with E-state index in [1.807, 2.05) is 0 Å². The van der Waals surface area contributed by atoms with Gasteiger partial charge in [0.15, 0.2) is 0 Å². The topological polar surface area (TPSA) is 69.4 Å². The number of rotatable bonds is 10. The van der Waals surface area contributed by atoms with Crippen molar-refractivity contribution in [2.45, 2.75) is 51.9 Å². The predicted octanol–water partition coefficient (Wildman–Crippen LogP) is 1.81. The van der Waals surface area contributed by atoms with Crippen LogP contribution in [0.4, 0.5) is 0 Å². The Morgan fingerprint density at radius 3 is 2.38 bits per heavy atom. The molecule has 0 aromatic carbocycles. The monoisotopic (exact) mass is 229 g/mol. The molecule has 0 aliphatic rings. The van der Waals surface area contributed by atoms with Crippen LogP contribution >= 0.6 is 0 Å². The molecule has 0 aromatic heterocycles. The number of ketones is 1. The molecular formula is C12H23NO3. The lowest BCUT2D eigenvalue weighted by atomic mass is 10.2. The Kier molecular flexibility index (Phi) is 10.0. The van der Waals surface area contributed by atoms with Crippen molar-refractivity contribution in [3.05, 3.63) is 0 Å². The van der Waals surface area contributed by atoms with E-state index in [0.29, 0.717) is 19.6 Å². The van der Waals surface area contributed by atoms with Crippen molar-refractivity contribution in [3.63, 3.8) is 0 Å². The second kappa shape index (κ2) is 10.6. The van der Waals surface area contributed by atoms with Gasteiger partial charge in [0.2, 0.25) is 5.78 Å². The SMILES string of the molecule is CCCCCCCOC(=O)C(=O)CCCN. The highest BCUT2D eigenvalue weighted by atomic mass is 16.5. The third-order valence-electron chi connectivity index (χ3n) is 2.32. The smallest absolute Gasteiger partial charge is 0.374 e. The van der Waals surface area contributed by atoms with E-state index < -0.39 is 11.8 Å². The predicted molar refractivity (Wildman–Crippen MR) is 63.0 cm³/mol. The minimum atomic E-state index is -0.705. The van der Waals surface area contributed by atoms with Gasteiger partial charge in [-0.15, -0.1) is 0 Å². The van der Waals surface area contributed by atoms with E-state index >= 15 is 0 Å². The first-order valence-corrected chi connectivity index (χ1v) is 6.12. The third kappa shape index (κ3) is 8.41. The Bertz CT molecular complexity index is 204. The second-order valence-corrected chi connectivity index (χ2v) is 3.87.